The van der Waals surface area contributed by atoms with E-state index >= 15 is 0 Å². The molecule has 6 nitrogen and oxygen atoms in total. The number of carbonyl (C=O) groups excluding carboxylic acids is 2. The van der Waals surface area contributed by atoms with Crippen molar-refractivity contribution in [3.63, 3.8) is 0 Å². The van der Waals surface area contributed by atoms with Crippen LogP contribution in [0.4, 0.5) is 0 Å². The van der Waals surface area contributed by atoms with Gasteiger partial charge in [0.1, 0.15) is 5.75 Å². The van der Waals surface area contributed by atoms with Crippen molar-refractivity contribution >= 4 is 34.2 Å². The van der Waals surface area contributed by atoms with Crippen LogP contribution in [0.3, 0.4) is 0 Å². The van der Waals surface area contributed by atoms with Crippen molar-refractivity contribution in [1.82, 2.24) is 14.8 Å². The standard InChI is InChI=1S/C36H40ClN3O3/c1-24-8-3-4-9-27(24)22-38-36(42)32-23-39(35-31(32)12-6-13-34(35)43-2)16-7-17-40-29-14-15-30(40)19-25(18-29)20-33(41)26-10-5-11-28(37)21-26/h3-6,8-13,21,23,25,29-30H,7,14-20,22H2,1-2H3,(H,38,42)/t25?,29-,30+. The first-order chi connectivity index (χ1) is 20.9. The average Bonchev–Trinajstić information content (AvgIpc) is 3.49. The summed E-state index contributed by atoms with van der Waals surface area (Å²) in [6, 6.07) is 22.4. The molecule has 2 aliphatic rings. The summed E-state index contributed by atoms with van der Waals surface area (Å²) < 4.78 is 7.92. The van der Waals surface area contributed by atoms with Gasteiger partial charge in [0.25, 0.3) is 5.91 Å². The Bertz CT molecular complexity index is 1620. The predicted octanol–water partition coefficient (Wildman–Crippen LogP) is 7.45. The molecule has 224 valence electrons. The van der Waals surface area contributed by atoms with Gasteiger partial charge < -0.3 is 14.6 Å². The highest BCUT2D eigenvalue weighted by Gasteiger charge is 2.40. The Morgan fingerprint density at radius 3 is 2.49 bits per heavy atom. The van der Waals surface area contributed by atoms with E-state index in [-0.39, 0.29) is 11.7 Å². The van der Waals surface area contributed by atoms with Crippen molar-refractivity contribution in [2.24, 2.45) is 5.92 Å². The molecule has 0 aliphatic carbocycles. The number of aryl methyl sites for hydroxylation is 2. The first kappa shape index (κ1) is 29.5. The Labute approximate surface area is 259 Å². The molecular formula is C36H40ClN3O3. The van der Waals surface area contributed by atoms with E-state index in [1.165, 1.54) is 12.8 Å². The smallest absolute Gasteiger partial charge is 0.253 e. The van der Waals surface area contributed by atoms with Gasteiger partial charge in [0.15, 0.2) is 5.78 Å². The summed E-state index contributed by atoms with van der Waals surface area (Å²) in [5, 5.41) is 4.65. The molecule has 1 amide bonds. The molecule has 3 aromatic carbocycles. The monoisotopic (exact) mass is 597 g/mol. The van der Waals surface area contributed by atoms with Gasteiger partial charge in [-0.1, -0.05) is 60.1 Å². The van der Waals surface area contributed by atoms with Gasteiger partial charge in [-0.2, -0.15) is 0 Å². The minimum absolute atomic E-state index is 0.0762. The number of nitrogens with zero attached hydrogens (tertiary/aromatic N) is 2. The van der Waals surface area contributed by atoms with Crippen LogP contribution in [-0.4, -0.2) is 46.9 Å². The Morgan fingerprint density at radius 1 is 0.977 bits per heavy atom. The van der Waals surface area contributed by atoms with E-state index in [0.717, 1.165) is 65.7 Å². The van der Waals surface area contributed by atoms with Gasteiger partial charge in [-0.3, -0.25) is 14.5 Å². The number of nitrogens with one attached hydrogen (secondary N) is 1. The number of ether oxygens (including phenoxy) is 1. The van der Waals surface area contributed by atoms with Crippen LogP contribution in [0.25, 0.3) is 10.9 Å². The molecule has 1 N–H and O–H groups in total. The predicted molar refractivity (Wildman–Crippen MR) is 172 cm³/mol. The third kappa shape index (κ3) is 6.36. The van der Waals surface area contributed by atoms with Crippen LogP contribution in [0.15, 0.2) is 72.9 Å². The molecule has 3 atom stereocenters. The molecule has 43 heavy (non-hydrogen) atoms. The van der Waals surface area contributed by atoms with Crippen LogP contribution in [0, 0.1) is 12.8 Å². The summed E-state index contributed by atoms with van der Waals surface area (Å²) in [4.78, 5) is 29.0. The highest BCUT2D eigenvalue weighted by Crippen LogP contribution is 2.40. The highest BCUT2D eigenvalue weighted by atomic mass is 35.5. The number of carbonyl (C=O) groups is 2. The van der Waals surface area contributed by atoms with Crippen molar-refractivity contribution < 1.29 is 14.3 Å². The number of hydrogen-bond donors (Lipinski definition) is 1. The maximum Gasteiger partial charge on any atom is 0.253 e. The second-order valence-electron chi connectivity index (χ2n) is 12.2. The van der Waals surface area contributed by atoms with Crippen molar-refractivity contribution in [3.8, 4) is 5.75 Å². The molecule has 1 unspecified atom stereocenters. The first-order valence-electron chi connectivity index (χ1n) is 15.4. The summed E-state index contributed by atoms with van der Waals surface area (Å²) in [5.41, 5.74) is 4.64. The third-order valence-corrected chi connectivity index (χ3v) is 9.68. The van der Waals surface area contributed by atoms with Crippen molar-refractivity contribution in [2.75, 3.05) is 13.7 Å². The van der Waals surface area contributed by atoms with Crippen LogP contribution < -0.4 is 10.1 Å². The lowest BCUT2D eigenvalue weighted by Crippen LogP contribution is -2.43. The molecular weight excluding hydrogens is 558 g/mol. The van der Waals surface area contributed by atoms with Gasteiger partial charge in [-0.25, -0.2) is 0 Å². The van der Waals surface area contributed by atoms with Crippen LogP contribution in [0.1, 0.15) is 70.4 Å². The SMILES string of the molecule is COc1cccc2c(C(=O)NCc3ccccc3C)cn(CCCN3[C@@H]4CC[C@H]3CC(CC(=O)c3cccc(Cl)c3)C4)c12. The number of amides is 1. The molecule has 4 aromatic rings. The van der Waals surface area contributed by atoms with Gasteiger partial charge in [-0.05, 0) is 74.3 Å². The molecule has 6 rings (SSSR count). The average molecular weight is 598 g/mol. The maximum atomic E-state index is 13.4. The van der Waals surface area contributed by atoms with Gasteiger partial charge in [0.05, 0.1) is 18.2 Å². The number of Topliss-reactive ketones (excluding diaryl/α,β-unsaturated/α-hetero) is 1. The second kappa shape index (κ2) is 12.9. The number of hydrogen-bond acceptors (Lipinski definition) is 4. The fourth-order valence-corrected chi connectivity index (χ4v) is 7.50. The Kier molecular flexibility index (Phi) is 8.87. The van der Waals surface area contributed by atoms with Crippen molar-refractivity contribution in [2.45, 2.75) is 70.6 Å². The molecule has 2 saturated heterocycles. The maximum absolute atomic E-state index is 13.4. The Hall–Kier alpha value is -3.61. The van der Waals surface area contributed by atoms with Gasteiger partial charge in [0.2, 0.25) is 0 Å². The van der Waals surface area contributed by atoms with Gasteiger partial charge in [0, 0.05) is 60.3 Å². The van der Waals surface area contributed by atoms with Gasteiger partial charge in [-0.15, -0.1) is 0 Å². The molecule has 3 heterocycles. The topological polar surface area (TPSA) is 63.6 Å². The number of para-hydroxylation sites is 1. The van der Waals surface area contributed by atoms with Crippen LogP contribution in [0.2, 0.25) is 5.02 Å². The number of rotatable bonds is 11. The van der Waals surface area contributed by atoms with E-state index in [1.54, 1.807) is 13.2 Å². The molecule has 0 radical (unpaired) electrons. The Morgan fingerprint density at radius 2 is 1.74 bits per heavy atom. The van der Waals surface area contributed by atoms with E-state index in [9.17, 15) is 9.59 Å². The molecule has 2 fully saturated rings. The highest BCUT2D eigenvalue weighted by molar-refractivity contribution is 6.31. The zero-order valence-corrected chi connectivity index (χ0v) is 25.8. The summed E-state index contributed by atoms with van der Waals surface area (Å²) >= 11 is 6.12. The van der Waals surface area contributed by atoms with E-state index in [2.05, 4.69) is 33.8 Å². The number of halogens is 1. The van der Waals surface area contributed by atoms with Crippen LogP contribution in [0.5, 0.6) is 5.75 Å². The normalized spacial score (nSPS) is 19.9. The van der Waals surface area contributed by atoms with E-state index in [1.807, 2.05) is 54.7 Å². The third-order valence-electron chi connectivity index (χ3n) is 9.44. The summed E-state index contributed by atoms with van der Waals surface area (Å²) in [5.74, 6) is 1.33. The Balaban J connectivity index is 1.10. The summed E-state index contributed by atoms with van der Waals surface area (Å²) in [6.45, 7) is 4.36. The second-order valence-corrected chi connectivity index (χ2v) is 12.6. The van der Waals surface area contributed by atoms with Gasteiger partial charge >= 0.3 is 0 Å². The molecule has 0 spiro atoms. The quantitative estimate of drug-likeness (QED) is 0.182. The zero-order valence-electron chi connectivity index (χ0n) is 25.0. The van der Waals surface area contributed by atoms with E-state index < -0.39 is 0 Å². The zero-order chi connectivity index (χ0) is 29.9. The van der Waals surface area contributed by atoms with Crippen molar-refractivity contribution in [1.29, 1.82) is 0 Å². The number of ketones is 1. The number of fused-ring (bicyclic) bond motifs is 3. The minimum Gasteiger partial charge on any atom is -0.495 e. The molecule has 2 aliphatic heterocycles. The molecule has 1 aromatic heterocycles. The number of benzene rings is 3. The van der Waals surface area contributed by atoms with Crippen LogP contribution >= 0.6 is 11.6 Å². The largest absolute Gasteiger partial charge is 0.495 e. The lowest BCUT2D eigenvalue weighted by atomic mass is 9.85. The lowest BCUT2D eigenvalue weighted by molar-refractivity contribution is 0.0807. The van der Waals surface area contributed by atoms with Crippen molar-refractivity contribution in [3.05, 3.63) is 100 Å². The lowest BCUT2D eigenvalue weighted by Gasteiger charge is -2.39. The summed E-state index contributed by atoms with van der Waals surface area (Å²) in [7, 11) is 1.68. The van der Waals surface area contributed by atoms with E-state index in [0.29, 0.717) is 41.6 Å². The molecule has 7 heteroatoms. The number of aromatic nitrogens is 1. The number of piperidine rings is 1. The first-order valence-corrected chi connectivity index (χ1v) is 15.8. The minimum atomic E-state index is -0.0762. The fourth-order valence-electron chi connectivity index (χ4n) is 7.31. The fraction of sp³-hybridized carbons (Fsp3) is 0.389. The summed E-state index contributed by atoms with van der Waals surface area (Å²) in [6.07, 6.45) is 8.14. The number of methoxy groups -OCH3 is 1. The van der Waals surface area contributed by atoms with Crippen LogP contribution in [-0.2, 0) is 13.1 Å². The molecule has 2 bridgehead atoms. The van der Waals surface area contributed by atoms with E-state index in [4.69, 9.17) is 16.3 Å². The molecule has 0 saturated carbocycles.